The van der Waals surface area contributed by atoms with E-state index in [0.717, 1.165) is 0 Å². The first-order valence-electron chi connectivity index (χ1n) is 7.30. The molecule has 0 fully saturated rings. The molecule has 1 aromatic carbocycles. The van der Waals surface area contributed by atoms with Crippen molar-refractivity contribution in [1.29, 1.82) is 0 Å². The molecule has 1 aromatic heterocycles. The number of sulfonamides is 1. The normalized spacial score (nSPS) is 12.2. The maximum absolute atomic E-state index is 12.4. The minimum Gasteiger partial charge on any atom is -0.495 e. The van der Waals surface area contributed by atoms with Gasteiger partial charge in [-0.1, -0.05) is 30.1 Å². The van der Waals surface area contributed by atoms with Crippen LogP contribution in [0.4, 0.5) is 0 Å². The van der Waals surface area contributed by atoms with Crippen LogP contribution in [0.5, 0.6) is 5.75 Å². The van der Waals surface area contributed by atoms with Crippen LogP contribution in [0.15, 0.2) is 40.3 Å². The van der Waals surface area contributed by atoms with Crippen molar-refractivity contribution in [3.63, 3.8) is 0 Å². The Morgan fingerprint density at radius 2 is 1.65 bits per heavy atom. The zero-order valence-electron chi connectivity index (χ0n) is 13.9. The summed E-state index contributed by atoms with van der Waals surface area (Å²) in [6.07, 6.45) is 1.17. The first-order valence-corrected chi connectivity index (χ1v) is 11.2. The van der Waals surface area contributed by atoms with E-state index < -0.39 is 19.9 Å². The van der Waals surface area contributed by atoms with Crippen LogP contribution in [-0.4, -0.2) is 34.7 Å². The monoisotopic (exact) mass is 438 g/mol. The van der Waals surface area contributed by atoms with Crippen LogP contribution >= 0.6 is 23.2 Å². The molecule has 0 atom stereocenters. The summed E-state index contributed by atoms with van der Waals surface area (Å²) in [6.45, 7) is 1.31. The summed E-state index contributed by atoms with van der Waals surface area (Å²) in [4.78, 5) is 3.92. The van der Waals surface area contributed by atoms with Gasteiger partial charge in [0.25, 0.3) is 0 Å². The van der Waals surface area contributed by atoms with Crippen LogP contribution in [0.1, 0.15) is 12.6 Å². The molecule has 1 N–H and O–H groups in total. The largest absolute Gasteiger partial charge is 0.495 e. The van der Waals surface area contributed by atoms with Crippen molar-refractivity contribution in [2.75, 3.05) is 12.9 Å². The number of nitrogens with one attached hydrogen (secondary N) is 1. The summed E-state index contributed by atoms with van der Waals surface area (Å²) >= 11 is 11.7. The fraction of sp³-hybridized carbons (Fsp3) is 0.267. The van der Waals surface area contributed by atoms with Crippen molar-refractivity contribution in [3.05, 3.63) is 46.2 Å². The number of halogens is 2. The fourth-order valence-corrected chi connectivity index (χ4v) is 4.58. The highest BCUT2D eigenvalue weighted by Gasteiger charge is 2.19. The lowest BCUT2D eigenvalue weighted by Crippen LogP contribution is -2.24. The molecular weight excluding hydrogens is 423 g/mol. The average molecular weight is 439 g/mol. The number of benzene rings is 1. The number of hydrogen-bond acceptors (Lipinski definition) is 6. The lowest BCUT2D eigenvalue weighted by atomic mass is 10.3. The molecular formula is C15H16Cl2N2O5S2. The van der Waals surface area contributed by atoms with Crippen molar-refractivity contribution >= 4 is 43.1 Å². The second kappa shape index (κ2) is 8.10. The lowest BCUT2D eigenvalue weighted by Gasteiger charge is -2.11. The standard InChI is InChI=1S/C15H16Cl2N2O5S2/c1-3-25(20,21)13-7-15(24-2)14(18-8-13)9-19-26(22,23)12-5-10(16)4-11(17)6-12/h4-8,19H,3,9H2,1-2H3. The van der Waals surface area contributed by atoms with E-state index in [9.17, 15) is 16.8 Å². The Balaban J connectivity index is 2.28. The Hall–Kier alpha value is -1.39. The number of ether oxygens (including phenoxy) is 1. The Bertz CT molecular complexity index is 1000. The second-order valence-electron chi connectivity index (χ2n) is 5.15. The summed E-state index contributed by atoms with van der Waals surface area (Å²) in [5.41, 5.74) is 0.235. The second-order valence-corrected chi connectivity index (χ2v) is 10.1. The van der Waals surface area contributed by atoms with E-state index in [1.807, 2.05) is 0 Å². The van der Waals surface area contributed by atoms with Crippen LogP contribution in [0, 0.1) is 0 Å². The van der Waals surface area contributed by atoms with Crippen molar-refractivity contribution < 1.29 is 21.6 Å². The summed E-state index contributed by atoms with van der Waals surface area (Å²) < 4.78 is 56.1. The zero-order chi connectivity index (χ0) is 19.5. The topological polar surface area (TPSA) is 102 Å². The van der Waals surface area contributed by atoms with E-state index >= 15 is 0 Å². The minimum absolute atomic E-state index is 0.00470. The van der Waals surface area contributed by atoms with Crippen LogP contribution in [0.25, 0.3) is 0 Å². The molecule has 0 aliphatic carbocycles. The van der Waals surface area contributed by atoms with Crippen molar-refractivity contribution in [2.24, 2.45) is 0 Å². The number of aromatic nitrogens is 1. The van der Waals surface area contributed by atoms with Crippen LogP contribution < -0.4 is 9.46 Å². The molecule has 0 aliphatic rings. The Morgan fingerprint density at radius 1 is 1.04 bits per heavy atom. The van der Waals surface area contributed by atoms with Gasteiger partial charge in [-0.25, -0.2) is 21.6 Å². The lowest BCUT2D eigenvalue weighted by molar-refractivity contribution is 0.404. The van der Waals surface area contributed by atoms with Gasteiger partial charge >= 0.3 is 0 Å². The Kier molecular flexibility index (Phi) is 6.51. The van der Waals surface area contributed by atoms with E-state index in [-0.39, 0.29) is 43.6 Å². The zero-order valence-corrected chi connectivity index (χ0v) is 17.0. The van der Waals surface area contributed by atoms with E-state index in [4.69, 9.17) is 27.9 Å². The first-order chi connectivity index (χ1) is 12.1. The Labute approximate surface area is 162 Å². The fourth-order valence-electron chi connectivity index (χ4n) is 2.03. The van der Waals surface area contributed by atoms with E-state index in [1.54, 1.807) is 0 Å². The smallest absolute Gasteiger partial charge is 0.241 e. The molecule has 0 spiro atoms. The number of hydrogen-bond donors (Lipinski definition) is 1. The molecule has 0 radical (unpaired) electrons. The number of methoxy groups -OCH3 is 1. The molecule has 1 heterocycles. The molecule has 0 amide bonds. The van der Waals surface area contributed by atoms with Gasteiger partial charge in [0, 0.05) is 22.3 Å². The third-order valence-electron chi connectivity index (χ3n) is 3.44. The number of pyridine rings is 1. The summed E-state index contributed by atoms with van der Waals surface area (Å²) in [6, 6.07) is 5.25. The van der Waals surface area contributed by atoms with Gasteiger partial charge in [-0.15, -0.1) is 0 Å². The van der Waals surface area contributed by atoms with E-state index in [2.05, 4.69) is 9.71 Å². The van der Waals surface area contributed by atoms with Crippen LogP contribution in [0.2, 0.25) is 10.0 Å². The molecule has 2 aromatic rings. The minimum atomic E-state index is -3.90. The number of nitrogens with zero attached hydrogens (tertiary/aromatic N) is 1. The molecule has 0 bridgehead atoms. The highest BCUT2D eigenvalue weighted by atomic mass is 35.5. The van der Waals surface area contributed by atoms with Crippen LogP contribution in [-0.2, 0) is 26.4 Å². The van der Waals surface area contributed by atoms with Crippen LogP contribution in [0.3, 0.4) is 0 Å². The van der Waals surface area contributed by atoms with E-state index in [1.165, 1.54) is 44.5 Å². The number of rotatable bonds is 7. The summed E-state index contributed by atoms with van der Waals surface area (Å²) in [5, 5.41) is 0.366. The summed E-state index contributed by atoms with van der Waals surface area (Å²) in [7, 11) is -6.02. The van der Waals surface area contributed by atoms with Gasteiger partial charge in [0.05, 0.1) is 34.9 Å². The quantitative estimate of drug-likeness (QED) is 0.712. The van der Waals surface area contributed by atoms with Crippen molar-refractivity contribution in [2.45, 2.75) is 23.3 Å². The summed E-state index contributed by atoms with van der Waals surface area (Å²) in [5.74, 6) is 0.0747. The van der Waals surface area contributed by atoms with Gasteiger partial charge in [-0.2, -0.15) is 0 Å². The Morgan fingerprint density at radius 3 is 2.19 bits per heavy atom. The van der Waals surface area contributed by atoms with E-state index in [0.29, 0.717) is 0 Å². The predicted molar refractivity (Wildman–Crippen MR) is 99.0 cm³/mol. The first kappa shape index (κ1) is 20.9. The maximum Gasteiger partial charge on any atom is 0.241 e. The molecule has 0 unspecified atom stereocenters. The van der Waals surface area contributed by atoms with Gasteiger partial charge in [0.2, 0.25) is 10.0 Å². The van der Waals surface area contributed by atoms with Gasteiger partial charge in [0.1, 0.15) is 5.75 Å². The SMILES string of the molecule is CCS(=O)(=O)c1cnc(CNS(=O)(=O)c2cc(Cl)cc(Cl)c2)c(OC)c1. The van der Waals surface area contributed by atoms with Gasteiger partial charge in [-0.05, 0) is 18.2 Å². The van der Waals surface area contributed by atoms with Gasteiger partial charge in [0.15, 0.2) is 9.84 Å². The third kappa shape index (κ3) is 4.86. The molecule has 26 heavy (non-hydrogen) atoms. The van der Waals surface area contributed by atoms with Gasteiger partial charge < -0.3 is 4.74 Å². The average Bonchev–Trinajstić information content (AvgIpc) is 2.59. The van der Waals surface area contributed by atoms with Gasteiger partial charge in [-0.3, -0.25) is 4.98 Å². The third-order valence-corrected chi connectivity index (χ3v) is 6.96. The maximum atomic E-state index is 12.4. The molecule has 2 rings (SSSR count). The predicted octanol–water partition coefficient (Wildman–Crippen LogP) is 2.67. The number of sulfone groups is 1. The molecule has 0 saturated carbocycles. The molecule has 11 heteroatoms. The van der Waals surface area contributed by atoms with Crippen molar-refractivity contribution in [3.8, 4) is 5.75 Å². The molecule has 142 valence electrons. The molecule has 0 aliphatic heterocycles. The molecule has 7 nitrogen and oxygen atoms in total. The highest BCUT2D eigenvalue weighted by molar-refractivity contribution is 7.91. The van der Waals surface area contributed by atoms with Crippen molar-refractivity contribution in [1.82, 2.24) is 9.71 Å². The highest BCUT2D eigenvalue weighted by Crippen LogP contribution is 2.24. The molecule has 0 saturated heterocycles.